The van der Waals surface area contributed by atoms with Gasteiger partial charge >= 0.3 is 0 Å². The normalized spacial score (nSPS) is 17.9. The molecule has 1 saturated heterocycles. The molecule has 0 bridgehead atoms. The molecule has 8 nitrogen and oxygen atoms in total. The number of benzene rings is 1. The van der Waals surface area contributed by atoms with Crippen LogP contribution in [0.15, 0.2) is 23.6 Å². The molecule has 2 aliphatic rings. The molecule has 4 N–H and O–H groups in total. The summed E-state index contributed by atoms with van der Waals surface area (Å²) in [6, 6.07) is 6.00. The summed E-state index contributed by atoms with van der Waals surface area (Å²) in [5.41, 5.74) is 7.18. The highest BCUT2D eigenvalue weighted by Gasteiger charge is 2.27. The van der Waals surface area contributed by atoms with Crippen molar-refractivity contribution in [3.63, 3.8) is 0 Å². The summed E-state index contributed by atoms with van der Waals surface area (Å²) in [6.45, 7) is 13.4. The smallest absolute Gasteiger partial charge is 0.256 e. The molecule has 5 rings (SSSR count). The third-order valence-electron chi connectivity index (χ3n) is 7.63. The molecular weight excluding hydrogens is 496 g/mol. The van der Waals surface area contributed by atoms with Crippen LogP contribution in [0.5, 0.6) is 0 Å². The molecule has 1 fully saturated rings. The molecule has 1 atom stereocenters. The van der Waals surface area contributed by atoms with E-state index >= 15 is 0 Å². The molecule has 0 aliphatic carbocycles. The number of aryl methyl sites for hydroxylation is 1. The number of aromatic nitrogens is 2. The molecule has 0 saturated carbocycles. The number of thiazole rings is 1. The number of H-pyrrole nitrogens is 1. The number of carbonyl (C=O) groups excluding carboxylic acids is 2. The van der Waals surface area contributed by atoms with Crippen LogP contribution in [-0.4, -0.2) is 66.0 Å². The minimum atomic E-state index is -0.148. The van der Waals surface area contributed by atoms with Crippen molar-refractivity contribution in [2.45, 2.75) is 40.0 Å². The Hall–Kier alpha value is -3.27. The summed E-state index contributed by atoms with van der Waals surface area (Å²) in [5.74, 6) is 0.234. The summed E-state index contributed by atoms with van der Waals surface area (Å²) in [4.78, 5) is 36.5. The number of fused-ring (bicyclic) bond motifs is 1. The summed E-state index contributed by atoms with van der Waals surface area (Å²) < 4.78 is 0. The molecule has 4 heterocycles. The molecule has 3 aromatic rings. The quantitative estimate of drug-likeness (QED) is 0.306. The van der Waals surface area contributed by atoms with Gasteiger partial charge in [-0.2, -0.15) is 0 Å². The third kappa shape index (κ3) is 5.18. The van der Waals surface area contributed by atoms with Gasteiger partial charge in [0, 0.05) is 59.1 Å². The number of rotatable bonds is 9. The molecule has 0 spiro atoms. The monoisotopic (exact) mass is 532 g/mol. The molecule has 0 radical (unpaired) electrons. The van der Waals surface area contributed by atoms with Crippen molar-refractivity contribution >= 4 is 40.5 Å². The molecular formula is C29H36N6O2S. The fourth-order valence-corrected chi connectivity index (χ4v) is 6.29. The lowest BCUT2D eigenvalue weighted by Gasteiger charge is -2.18. The van der Waals surface area contributed by atoms with Gasteiger partial charge in [-0.05, 0) is 63.7 Å². The summed E-state index contributed by atoms with van der Waals surface area (Å²) in [5, 5.41) is 12.7. The zero-order valence-corrected chi connectivity index (χ0v) is 23.3. The zero-order chi connectivity index (χ0) is 26.8. The second kappa shape index (κ2) is 11.2. The Morgan fingerprint density at radius 2 is 2.08 bits per heavy atom. The van der Waals surface area contributed by atoms with E-state index in [2.05, 4.69) is 45.1 Å². The second-order valence-electron chi connectivity index (χ2n) is 9.98. The number of anilines is 1. The third-order valence-corrected chi connectivity index (χ3v) is 8.64. The lowest BCUT2D eigenvalue weighted by molar-refractivity contribution is -0.110. The van der Waals surface area contributed by atoms with E-state index in [1.165, 1.54) is 0 Å². The number of carbonyl (C=O) groups is 2. The Bertz CT molecular complexity index is 1380. The molecule has 9 heteroatoms. The van der Waals surface area contributed by atoms with Crippen LogP contribution in [0.2, 0.25) is 0 Å². The predicted octanol–water partition coefficient (Wildman–Crippen LogP) is 4.40. The van der Waals surface area contributed by atoms with Crippen molar-refractivity contribution in [3.8, 4) is 11.3 Å². The van der Waals surface area contributed by atoms with Crippen LogP contribution in [0.4, 0.5) is 5.69 Å². The van der Waals surface area contributed by atoms with E-state index in [0.717, 1.165) is 83.6 Å². The predicted molar refractivity (Wildman–Crippen MR) is 155 cm³/mol. The highest BCUT2D eigenvalue weighted by atomic mass is 32.1. The number of amides is 2. The Kier molecular flexibility index (Phi) is 7.78. The van der Waals surface area contributed by atoms with Gasteiger partial charge in [-0.1, -0.05) is 19.9 Å². The maximum atomic E-state index is 13.0. The molecule has 1 unspecified atom stereocenters. The number of likely N-dealkylation sites (N-methyl/N-ethyl adjacent to an activating group) is 1. The van der Waals surface area contributed by atoms with Crippen LogP contribution in [0, 0.1) is 13.8 Å². The first-order valence-corrected chi connectivity index (χ1v) is 14.3. The van der Waals surface area contributed by atoms with E-state index < -0.39 is 0 Å². The Morgan fingerprint density at radius 3 is 2.82 bits per heavy atom. The van der Waals surface area contributed by atoms with Gasteiger partial charge in [0.05, 0.1) is 21.8 Å². The maximum absolute atomic E-state index is 13.0. The van der Waals surface area contributed by atoms with E-state index in [4.69, 9.17) is 4.98 Å². The zero-order valence-electron chi connectivity index (χ0n) is 22.5. The first-order chi connectivity index (χ1) is 18.4. The average Bonchev–Trinajstić information content (AvgIpc) is 3.70. The average molecular weight is 533 g/mol. The molecule has 2 aromatic heterocycles. The van der Waals surface area contributed by atoms with Gasteiger partial charge in [0.2, 0.25) is 0 Å². The van der Waals surface area contributed by atoms with Crippen molar-refractivity contribution < 1.29 is 9.59 Å². The fraction of sp³-hybridized carbons (Fsp3) is 0.414. The highest BCUT2D eigenvalue weighted by Crippen LogP contribution is 2.38. The molecule has 2 aliphatic heterocycles. The molecule has 2 amide bonds. The van der Waals surface area contributed by atoms with Crippen LogP contribution in [-0.2, 0) is 4.79 Å². The van der Waals surface area contributed by atoms with Crippen LogP contribution in [0.1, 0.15) is 64.1 Å². The SMILES string of the molecule is CCN(CC)CCNC(=O)c1c(C)[nH]c(/C=C2\C(=O)Nc3ccc(-c4csc(C5CCNC5)n4)cc32)c1C. The van der Waals surface area contributed by atoms with Gasteiger partial charge in [-0.15, -0.1) is 11.3 Å². The number of hydrogen-bond acceptors (Lipinski definition) is 6. The minimum absolute atomic E-state index is 0.0941. The van der Waals surface area contributed by atoms with Crippen molar-refractivity contribution in [2.75, 3.05) is 44.6 Å². The largest absolute Gasteiger partial charge is 0.358 e. The number of hydrogen-bond donors (Lipinski definition) is 4. The summed E-state index contributed by atoms with van der Waals surface area (Å²) >= 11 is 1.70. The van der Waals surface area contributed by atoms with E-state index in [0.29, 0.717) is 23.6 Å². The topological polar surface area (TPSA) is 102 Å². The maximum Gasteiger partial charge on any atom is 0.256 e. The van der Waals surface area contributed by atoms with Crippen molar-refractivity contribution in [1.82, 2.24) is 25.5 Å². The van der Waals surface area contributed by atoms with Gasteiger partial charge in [0.1, 0.15) is 0 Å². The standard InChI is InChI=1S/C29H36N6O2S/c1-5-35(6-2)12-11-31-28(37)26-17(3)24(32-18(26)4)14-22-21-13-19(7-8-23(21)33-27(22)36)25-16-38-29(34-25)20-9-10-30-15-20/h7-8,13-14,16,20,30,32H,5-6,9-12,15H2,1-4H3,(H,31,37)(H,33,36)/b22-14-. The van der Waals surface area contributed by atoms with Gasteiger partial charge in [0.25, 0.3) is 11.8 Å². The van der Waals surface area contributed by atoms with Crippen molar-refractivity contribution in [1.29, 1.82) is 0 Å². The lowest BCUT2D eigenvalue weighted by atomic mass is 10.0. The number of aromatic amines is 1. The minimum Gasteiger partial charge on any atom is -0.358 e. The van der Waals surface area contributed by atoms with Crippen molar-refractivity contribution in [2.24, 2.45) is 0 Å². The Balaban J connectivity index is 1.39. The van der Waals surface area contributed by atoms with E-state index in [1.807, 2.05) is 38.1 Å². The molecule has 1 aromatic carbocycles. The van der Waals surface area contributed by atoms with Crippen LogP contribution in [0.25, 0.3) is 22.9 Å². The first kappa shape index (κ1) is 26.3. The summed E-state index contributed by atoms with van der Waals surface area (Å²) in [6.07, 6.45) is 2.98. The second-order valence-corrected chi connectivity index (χ2v) is 10.9. The van der Waals surface area contributed by atoms with Crippen LogP contribution in [0.3, 0.4) is 0 Å². The van der Waals surface area contributed by atoms with Crippen LogP contribution < -0.4 is 16.0 Å². The van der Waals surface area contributed by atoms with Gasteiger partial charge in [-0.25, -0.2) is 4.98 Å². The number of nitrogens with one attached hydrogen (secondary N) is 4. The lowest BCUT2D eigenvalue weighted by Crippen LogP contribution is -2.35. The Morgan fingerprint density at radius 1 is 1.26 bits per heavy atom. The Labute approximate surface area is 227 Å². The van der Waals surface area contributed by atoms with Gasteiger partial charge in [-0.3, -0.25) is 9.59 Å². The van der Waals surface area contributed by atoms with Gasteiger partial charge < -0.3 is 25.8 Å². The number of nitrogens with zero attached hydrogens (tertiary/aromatic N) is 2. The van der Waals surface area contributed by atoms with E-state index in [-0.39, 0.29) is 11.8 Å². The highest BCUT2D eigenvalue weighted by molar-refractivity contribution is 7.10. The molecule has 38 heavy (non-hydrogen) atoms. The van der Waals surface area contributed by atoms with E-state index in [9.17, 15) is 9.59 Å². The fourth-order valence-electron chi connectivity index (χ4n) is 5.32. The van der Waals surface area contributed by atoms with Crippen molar-refractivity contribution in [3.05, 3.63) is 56.7 Å². The van der Waals surface area contributed by atoms with E-state index in [1.54, 1.807) is 11.3 Å². The molecule has 200 valence electrons. The van der Waals surface area contributed by atoms with Crippen LogP contribution >= 0.6 is 11.3 Å². The first-order valence-electron chi connectivity index (χ1n) is 13.4. The summed E-state index contributed by atoms with van der Waals surface area (Å²) in [7, 11) is 0. The van der Waals surface area contributed by atoms with Gasteiger partial charge in [0.15, 0.2) is 0 Å².